The Labute approximate surface area is 174 Å². The molecule has 0 saturated carbocycles. The summed E-state index contributed by atoms with van der Waals surface area (Å²) in [5.74, 6) is 0. The molecule has 0 aliphatic carbocycles. The van der Waals surface area contributed by atoms with Crippen molar-refractivity contribution in [2.75, 3.05) is 0 Å². The number of hydrogen-bond donors (Lipinski definition) is 0. The van der Waals surface area contributed by atoms with E-state index in [0.717, 1.165) is 9.79 Å². The van der Waals surface area contributed by atoms with Crippen LogP contribution in [-0.4, -0.2) is 0 Å². The molecule has 3 heteroatoms. The maximum Gasteiger partial charge on any atom is 0.151 e. The molecule has 0 bridgehead atoms. The highest BCUT2D eigenvalue weighted by molar-refractivity contribution is 7.99. The van der Waals surface area contributed by atoms with Crippen molar-refractivity contribution >= 4 is 11.8 Å². The van der Waals surface area contributed by atoms with Crippen molar-refractivity contribution in [1.29, 1.82) is 0 Å². The van der Waals surface area contributed by atoms with Gasteiger partial charge < -0.3 is 0 Å². The molecule has 0 amide bonds. The normalized spacial score (nSPS) is 13.0. The minimum Gasteiger partial charge on any atom is -0.237 e. The third kappa shape index (κ3) is 4.41. The molecular formula is C26H20F2S. The number of benzene rings is 4. The smallest absolute Gasteiger partial charge is 0.151 e. The summed E-state index contributed by atoms with van der Waals surface area (Å²) in [6.07, 6.45) is -2.47. The highest BCUT2D eigenvalue weighted by Gasteiger charge is 2.20. The lowest BCUT2D eigenvalue weighted by Crippen LogP contribution is -1.99. The molecule has 2 atom stereocenters. The second-order valence-corrected chi connectivity index (χ2v) is 7.81. The molecule has 4 rings (SSSR count). The Morgan fingerprint density at radius 3 is 1.21 bits per heavy atom. The van der Waals surface area contributed by atoms with E-state index in [1.54, 1.807) is 36.4 Å². The molecule has 0 aliphatic rings. The van der Waals surface area contributed by atoms with Gasteiger partial charge in [0.05, 0.1) is 0 Å². The van der Waals surface area contributed by atoms with E-state index >= 15 is 8.78 Å². The first kappa shape index (κ1) is 19.4. The molecule has 0 nitrogen and oxygen atoms in total. The molecule has 0 spiro atoms. The Morgan fingerprint density at radius 1 is 0.448 bits per heavy atom. The summed E-state index contributed by atoms with van der Waals surface area (Å²) < 4.78 is 30.5. The van der Waals surface area contributed by atoms with Crippen molar-refractivity contribution in [2.24, 2.45) is 0 Å². The van der Waals surface area contributed by atoms with Gasteiger partial charge in [-0.05, 0) is 23.3 Å². The monoisotopic (exact) mass is 402 g/mol. The number of halogens is 2. The Hall–Kier alpha value is -2.91. The van der Waals surface area contributed by atoms with Crippen LogP contribution >= 0.6 is 11.8 Å². The van der Waals surface area contributed by atoms with E-state index in [1.165, 1.54) is 11.8 Å². The van der Waals surface area contributed by atoms with Crippen LogP contribution in [0.3, 0.4) is 0 Å². The standard InChI is InChI=1S/C26H20F2S/c27-25(19-11-3-1-4-12-19)21-15-7-9-17-23(21)29-24-18-10-8-16-22(24)26(28)20-13-5-2-6-14-20/h1-18,25-26H. The van der Waals surface area contributed by atoms with Crippen molar-refractivity contribution in [1.82, 2.24) is 0 Å². The van der Waals surface area contributed by atoms with Crippen LogP contribution in [0, 0.1) is 0 Å². The molecule has 0 heterocycles. The van der Waals surface area contributed by atoms with E-state index in [2.05, 4.69) is 0 Å². The third-order valence-electron chi connectivity index (χ3n) is 4.79. The molecule has 0 aromatic heterocycles. The molecule has 4 aromatic rings. The summed E-state index contributed by atoms with van der Waals surface area (Å²) >= 11 is 1.41. The van der Waals surface area contributed by atoms with E-state index < -0.39 is 12.3 Å². The fourth-order valence-corrected chi connectivity index (χ4v) is 4.40. The molecule has 144 valence electrons. The van der Waals surface area contributed by atoms with Gasteiger partial charge >= 0.3 is 0 Å². The molecule has 2 unspecified atom stereocenters. The first-order valence-corrected chi connectivity index (χ1v) is 10.3. The predicted octanol–water partition coefficient (Wildman–Crippen LogP) is 7.96. The van der Waals surface area contributed by atoms with E-state index in [0.29, 0.717) is 22.3 Å². The van der Waals surface area contributed by atoms with Gasteiger partial charge in [-0.1, -0.05) is 109 Å². The van der Waals surface area contributed by atoms with E-state index in [1.807, 2.05) is 72.8 Å². The maximum absolute atomic E-state index is 15.3. The van der Waals surface area contributed by atoms with Crippen LogP contribution in [0.25, 0.3) is 0 Å². The number of rotatable bonds is 6. The number of alkyl halides is 2. The Bertz CT molecular complexity index is 977. The van der Waals surface area contributed by atoms with E-state index in [4.69, 9.17) is 0 Å². The first-order valence-electron chi connectivity index (χ1n) is 9.48. The fourth-order valence-electron chi connectivity index (χ4n) is 3.29. The fraction of sp³-hybridized carbons (Fsp3) is 0.0769. The van der Waals surface area contributed by atoms with Crippen molar-refractivity contribution in [3.05, 3.63) is 131 Å². The molecule has 0 N–H and O–H groups in total. The molecular weight excluding hydrogens is 382 g/mol. The zero-order chi connectivity index (χ0) is 20.1. The third-order valence-corrected chi connectivity index (χ3v) is 5.97. The van der Waals surface area contributed by atoms with Crippen LogP contribution in [-0.2, 0) is 0 Å². The van der Waals surface area contributed by atoms with Gasteiger partial charge in [-0.3, -0.25) is 0 Å². The minimum atomic E-state index is -1.23. The van der Waals surface area contributed by atoms with Crippen LogP contribution in [0.5, 0.6) is 0 Å². The first-order chi connectivity index (χ1) is 14.2. The zero-order valence-corrected chi connectivity index (χ0v) is 16.5. The van der Waals surface area contributed by atoms with E-state index in [-0.39, 0.29) is 0 Å². The summed E-state index contributed by atoms with van der Waals surface area (Å²) in [5, 5.41) is 0. The van der Waals surface area contributed by atoms with Gasteiger partial charge in [0.1, 0.15) is 0 Å². The highest BCUT2D eigenvalue weighted by atomic mass is 32.2. The topological polar surface area (TPSA) is 0 Å². The van der Waals surface area contributed by atoms with Crippen LogP contribution in [0.15, 0.2) is 119 Å². The lowest BCUT2D eigenvalue weighted by atomic mass is 10.0. The number of hydrogen-bond acceptors (Lipinski definition) is 1. The average Bonchev–Trinajstić information content (AvgIpc) is 2.80. The van der Waals surface area contributed by atoms with Gasteiger partial charge in [-0.2, -0.15) is 0 Å². The quantitative estimate of drug-likeness (QED) is 0.315. The minimum absolute atomic E-state index is 0.591. The van der Waals surface area contributed by atoms with Crippen LogP contribution < -0.4 is 0 Å². The Morgan fingerprint density at radius 2 is 0.793 bits per heavy atom. The second-order valence-electron chi connectivity index (χ2n) is 6.72. The zero-order valence-electron chi connectivity index (χ0n) is 15.7. The lowest BCUT2D eigenvalue weighted by molar-refractivity contribution is 0.396. The van der Waals surface area contributed by atoms with Crippen LogP contribution in [0.2, 0.25) is 0 Å². The molecule has 4 aromatic carbocycles. The van der Waals surface area contributed by atoms with Crippen LogP contribution in [0.4, 0.5) is 8.78 Å². The molecule has 29 heavy (non-hydrogen) atoms. The summed E-state index contributed by atoms with van der Waals surface area (Å²) in [4.78, 5) is 1.58. The average molecular weight is 403 g/mol. The van der Waals surface area contributed by atoms with Gasteiger partial charge in [-0.25, -0.2) is 8.78 Å². The predicted molar refractivity (Wildman–Crippen MR) is 116 cm³/mol. The molecule has 0 radical (unpaired) electrons. The Kier molecular flexibility index (Phi) is 6.06. The van der Waals surface area contributed by atoms with E-state index in [9.17, 15) is 0 Å². The van der Waals surface area contributed by atoms with Crippen LogP contribution in [0.1, 0.15) is 34.6 Å². The van der Waals surface area contributed by atoms with Crippen molar-refractivity contribution in [2.45, 2.75) is 22.1 Å². The maximum atomic E-state index is 15.3. The van der Waals surface area contributed by atoms with Gasteiger partial charge in [0.2, 0.25) is 0 Å². The van der Waals surface area contributed by atoms with Crippen molar-refractivity contribution in [3.63, 3.8) is 0 Å². The van der Waals surface area contributed by atoms with Gasteiger partial charge in [0, 0.05) is 20.9 Å². The molecule has 0 aliphatic heterocycles. The summed E-state index contributed by atoms with van der Waals surface area (Å²) in [7, 11) is 0. The van der Waals surface area contributed by atoms with Gasteiger partial charge in [0.15, 0.2) is 12.3 Å². The largest absolute Gasteiger partial charge is 0.237 e. The molecule has 0 saturated heterocycles. The summed E-state index contributed by atoms with van der Waals surface area (Å²) in [5.41, 5.74) is 2.41. The molecule has 0 fully saturated rings. The highest BCUT2D eigenvalue weighted by Crippen LogP contribution is 2.41. The van der Waals surface area contributed by atoms with Gasteiger partial charge in [0.25, 0.3) is 0 Å². The van der Waals surface area contributed by atoms with Gasteiger partial charge in [-0.15, -0.1) is 0 Å². The summed E-state index contributed by atoms with van der Waals surface area (Å²) in [6, 6.07) is 33.0. The summed E-state index contributed by atoms with van der Waals surface area (Å²) in [6.45, 7) is 0. The Balaban J connectivity index is 1.68. The van der Waals surface area contributed by atoms with Crippen molar-refractivity contribution < 1.29 is 8.78 Å². The SMILES string of the molecule is FC(c1ccccc1)c1ccccc1Sc1ccccc1C(F)c1ccccc1. The lowest BCUT2D eigenvalue weighted by Gasteiger charge is -2.17. The second kappa shape index (κ2) is 9.06. The van der Waals surface area contributed by atoms with Crippen molar-refractivity contribution in [3.8, 4) is 0 Å².